The van der Waals surface area contributed by atoms with E-state index in [4.69, 9.17) is 5.73 Å². The molecule has 0 atom stereocenters. The van der Waals surface area contributed by atoms with Gasteiger partial charge in [0.25, 0.3) is 0 Å². The molecule has 0 aromatic heterocycles. The summed E-state index contributed by atoms with van der Waals surface area (Å²) in [4.78, 5) is 10.9. The highest BCUT2D eigenvalue weighted by Crippen LogP contribution is 2.39. The molecule has 13 heavy (non-hydrogen) atoms. The summed E-state index contributed by atoms with van der Waals surface area (Å²) >= 11 is 3.44. The van der Waals surface area contributed by atoms with Crippen molar-refractivity contribution in [2.45, 2.75) is 18.4 Å². The van der Waals surface area contributed by atoms with Gasteiger partial charge in [0, 0.05) is 17.3 Å². The Bertz CT molecular complexity index is 354. The number of carbonyl (C=O) groups is 1. The molecule has 2 nitrogen and oxygen atoms in total. The van der Waals surface area contributed by atoms with E-state index in [-0.39, 0.29) is 5.78 Å². The summed E-state index contributed by atoms with van der Waals surface area (Å²) in [6.45, 7) is 0. The van der Waals surface area contributed by atoms with E-state index in [1.807, 2.05) is 24.3 Å². The van der Waals surface area contributed by atoms with Gasteiger partial charge in [-0.15, -0.1) is 0 Å². The maximum atomic E-state index is 10.9. The van der Waals surface area contributed by atoms with Crippen LogP contribution in [0.2, 0.25) is 0 Å². The van der Waals surface area contributed by atoms with Crippen molar-refractivity contribution in [3.05, 3.63) is 34.3 Å². The second kappa shape index (κ2) is 2.93. The van der Waals surface area contributed by atoms with Crippen LogP contribution in [-0.4, -0.2) is 5.78 Å². The van der Waals surface area contributed by atoms with Crippen LogP contribution in [0.1, 0.15) is 18.4 Å². The zero-order valence-electron chi connectivity index (χ0n) is 7.09. The number of nitrogens with two attached hydrogens (primary N) is 1. The number of ketones is 1. The van der Waals surface area contributed by atoms with Crippen molar-refractivity contribution in [1.29, 1.82) is 0 Å². The van der Waals surface area contributed by atoms with Crippen LogP contribution in [0.15, 0.2) is 28.7 Å². The molecule has 0 saturated heterocycles. The molecule has 0 amide bonds. The minimum atomic E-state index is -0.419. The molecular formula is C10H10BrNO. The molecule has 1 aromatic rings. The quantitative estimate of drug-likeness (QED) is 0.815. The zero-order valence-corrected chi connectivity index (χ0v) is 8.67. The summed E-state index contributed by atoms with van der Waals surface area (Å²) in [5.41, 5.74) is 6.68. The Morgan fingerprint density at radius 1 is 1.31 bits per heavy atom. The summed E-state index contributed by atoms with van der Waals surface area (Å²) in [6, 6.07) is 7.80. The highest BCUT2D eigenvalue weighted by Gasteiger charge is 2.42. The Hall–Kier alpha value is -0.670. The highest BCUT2D eigenvalue weighted by molar-refractivity contribution is 9.10. The van der Waals surface area contributed by atoms with Crippen LogP contribution >= 0.6 is 15.9 Å². The second-order valence-electron chi connectivity index (χ2n) is 3.53. The van der Waals surface area contributed by atoms with Crippen LogP contribution in [0.25, 0.3) is 0 Å². The van der Waals surface area contributed by atoms with Gasteiger partial charge in [0.1, 0.15) is 5.78 Å². The highest BCUT2D eigenvalue weighted by atomic mass is 79.9. The van der Waals surface area contributed by atoms with Crippen LogP contribution < -0.4 is 5.73 Å². The third-order valence-electron chi connectivity index (χ3n) is 2.44. The molecule has 0 radical (unpaired) electrons. The van der Waals surface area contributed by atoms with Gasteiger partial charge in [0.05, 0.1) is 5.54 Å². The molecule has 0 aliphatic heterocycles. The molecule has 1 aliphatic rings. The van der Waals surface area contributed by atoms with Crippen molar-refractivity contribution in [3.8, 4) is 0 Å². The lowest BCUT2D eigenvalue weighted by molar-refractivity contribution is -0.128. The standard InChI is InChI=1S/C10H10BrNO/c11-9-4-2-1-3-8(9)10(12)5-7(13)6-10/h1-4H,5-6,12H2. The predicted octanol–water partition coefficient (Wildman–Crippen LogP) is 1.97. The maximum absolute atomic E-state index is 10.9. The van der Waals surface area contributed by atoms with Gasteiger partial charge in [-0.05, 0) is 11.6 Å². The molecule has 1 saturated carbocycles. The molecule has 2 N–H and O–H groups in total. The van der Waals surface area contributed by atoms with E-state index in [9.17, 15) is 4.79 Å². The first-order valence-corrected chi connectivity index (χ1v) is 4.97. The number of rotatable bonds is 1. The number of hydrogen-bond acceptors (Lipinski definition) is 2. The van der Waals surface area contributed by atoms with Gasteiger partial charge in [-0.2, -0.15) is 0 Å². The number of hydrogen-bond donors (Lipinski definition) is 1. The lowest BCUT2D eigenvalue weighted by atomic mass is 9.72. The van der Waals surface area contributed by atoms with Crippen molar-refractivity contribution >= 4 is 21.7 Å². The molecule has 3 heteroatoms. The molecule has 1 aliphatic carbocycles. The van der Waals surface area contributed by atoms with Crippen molar-refractivity contribution in [2.75, 3.05) is 0 Å². The fourth-order valence-electron chi connectivity index (χ4n) is 1.71. The predicted molar refractivity (Wildman–Crippen MR) is 54.2 cm³/mol. The fraction of sp³-hybridized carbons (Fsp3) is 0.300. The van der Waals surface area contributed by atoms with Gasteiger partial charge >= 0.3 is 0 Å². The Labute approximate surface area is 85.3 Å². The molecule has 1 fully saturated rings. The molecule has 1 aromatic carbocycles. The molecule has 0 heterocycles. The minimum absolute atomic E-state index is 0.248. The van der Waals surface area contributed by atoms with Crippen LogP contribution in [0.5, 0.6) is 0 Å². The Morgan fingerprint density at radius 3 is 2.46 bits per heavy atom. The summed E-state index contributed by atoms with van der Waals surface area (Å²) in [5.74, 6) is 0.248. The summed E-state index contributed by atoms with van der Waals surface area (Å²) in [6.07, 6.45) is 0.936. The van der Waals surface area contributed by atoms with Crippen LogP contribution in [0, 0.1) is 0 Å². The third-order valence-corrected chi connectivity index (χ3v) is 3.13. The van der Waals surface area contributed by atoms with Gasteiger partial charge in [-0.1, -0.05) is 34.1 Å². The molecule has 0 bridgehead atoms. The van der Waals surface area contributed by atoms with Crippen molar-refractivity contribution in [3.63, 3.8) is 0 Å². The molecule has 0 unspecified atom stereocenters. The Balaban J connectivity index is 2.36. The van der Waals surface area contributed by atoms with E-state index in [2.05, 4.69) is 15.9 Å². The van der Waals surface area contributed by atoms with E-state index in [1.165, 1.54) is 0 Å². The first-order chi connectivity index (χ1) is 6.12. The van der Waals surface area contributed by atoms with E-state index >= 15 is 0 Å². The van der Waals surface area contributed by atoms with E-state index < -0.39 is 5.54 Å². The first-order valence-electron chi connectivity index (χ1n) is 4.17. The number of Topliss-reactive ketones (excluding diaryl/α,β-unsaturated/α-hetero) is 1. The van der Waals surface area contributed by atoms with Crippen LogP contribution in [0.4, 0.5) is 0 Å². The normalized spacial score (nSPS) is 19.7. The number of carbonyl (C=O) groups excluding carboxylic acids is 1. The lowest BCUT2D eigenvalue weighted by Crippen LogP contribution is -2.49. The average molecular weight is 240 g/mol. The lowest BCUT2D eigenvalue weighted by Gasteiger charge is -2.37. The topological polar surface area (TPSA) is 43.1 Å². The third kappa shape index (κ3) is 1.42. The van der Waals surface area contributed by atoms with Crippen molar-refractivity contribution in [2.24, 2.45) is 5.73 Å². The van der Waals surface area contributed by atoms with Crippen LogP contribution in [0.3, 0.4) is 0 Å². The fourth-order valence-corrected chi connectivity index (χ4v) is 2.39. The Kier molecular flexibility index (Phi) is 2.00. The molecular weight excluding hydrogens is 230 g/mol. The van der Waals surface area contributed by atoms with E-state index in [0.717, 1.165) is 10.0 Å². The minimum Gasteiger partial charge on any atom is -0.321 e. The van der Waals surface area contributed by atoms with E-state index in [0.29, 0.717) is 12.8 Å². The molecule has 2 rings (SSSR count). The zero-order chi connectivity index (χ0) is 9.47. The summed E-state index contributed by atoms with van der Waals surface area (Å²) in [5, 5.41) is 0. The molecule has 0 spiro atoms. The SMILES string of the molecule is NC1(c2ccccc2Br)CC(=O)C1. The van der Waals surface area contributed by atoms with Crippen LogP contribution in [-0.2, 0) is 10.3 Å². The number of halogens is 1. The van der Waals surface area contributed by atoms with Gasteiger partial charge in [0.15, 0.2) is 0 Å². The maximum Gasteiger partial charge on any atom is 0.137 e. The smallest absolute Gasteiger partial charge is 0.137 e. The summed E-state index contributed by atoms with van der Waals surface area (Å²) in [7, 11) is 0. The second-order valence-corrected chi connectivity index (χ2v) is 4.38. The van der Waals surface area contributed by atoms with Gasteiger partial charge < -0.3 is 5.73 Å². The van der Waals surface area contributed by atoms with Crippen molar-refractivity contribution in [1.82, 2.24) is 0 Å². The average Bonchev–Trinajstić information content (AvgIpc) is 2.02. The summed E-state index contributed by atoms with van der Waals surface area (Å²) < 4.78 is 0.991. The number of benzene rings is 1. The van der Waals surface area contributed by atoms with E-state index in [1.54, 1.807) is 0 Å². The first kappa shape index (κ1) is 8.91. The van der Waals surface area contributed by atoms with Gasteiger partial charge in [-0.25, -0.2) is 0 Å². The largest absolute Gasteiger partial charge is 0.321 e. The van der Waals surface area contributed by atoms with Gasteiger partial charge in [-0.3, -0.25) is 4.79 Å². The Morgan fingerprint density at radius 2 is 1.92 bits per heavy atom. The van der Waals surface area contributed by atoms with Gasteiger partial charge in [0.2, 0.25) is 0 Å². The molecule has 68 valence electrons. The monoisotopic (exact) mass is 239 g/mol. The van der Waals surface area contributed by atoms with Crippen molar-refractivity contribution < 1.29 is 4.79 Å².